The van der Waals surface area contributed by atoms with Crippen LogP contribution in [-0.4, -0.2) is 23.2 Å². The van der Waals surface area contributed by atoms with E-state index in [4.69, 9.17) is 9.47 Å². The summed E-state index contributed by atoms with van der Waals surface area (Å²) >= 11 is 0. The highest BCUT2D eigenvalue weighted by atomic mass is 16.5. The minimum absolute atomic E-state index is 0.315. The summed E-state index contributed by atoms with van der Waals surface area (Å²) in [5.41, 5.74) is 2.03. The molecule has 0 bridgehead atoms. The molecule has 122 valence electrons. The molecule has 5 heteroatoms. The van der Waals surface area contributed by atoms with Crippen LogP contribution in [0.1, 0.15) is 36.9 Å². The molecule has 1 aliphatic carbocycles. The number of nitrogens with one attached hydrogen (secondary N) is 1. The zero-order valence-electron chi connectivity index (χ0n) is 13.7. The summed E-state index contributed by atoms with van der Waals surface area (Å²) in [4.78, 5) is 8.54. The first-order chi connectivity index (χ1) is 11.2. The van der Waals surface area contributed by atoms with Crippen LogP contribution in [0.2, 0.25) is 0 Å². The van der Waals surface area contributed by atoms with E-state index < -0.39 is 0 Å². The summed E-state index contributed by atoms with van der Waals surface area (Å²) in [6.07, 6.45) is 8.54. The Balaban J connectivity index is 1.69. The van der Waals surface area contributed by atoms with E-state index in [-0.39, 0.29) is 0 Å². The van der Waals surface area contributed by atoms with Crippen molar-refractivity contribution in [3.63, 3.8) is 0 Å². The average Bonchev–Trinajstić information content (AvgIpc) is 3.06. The van der Waals surface area contributed by atoms with Gasteiger partial charge in [0.25, 0.3) is 0 Å². The number of nitrogens with zero attached hydrogens (tertiary/aromatic N) is 2. The Bertz CT molecular complexity index is 654. The van der Waals surface area contributed by atoms with Crippen molar-refractivity contribution in [2.45, 2.75) is 45.3 Å². The average molecular weight is 313 g/mol. The van der Waals surface area contributed by atoms with Crippen molar-refractivity contribution < 1.29 is 9.47 Å². The van der Waals surface area contributed by atoms with E-state index in [2.05, 4.69) is 15.3 Å². The van der Waals surface area contributed by atoms with Crippen molar-refractivity contribution in [2.75, 3.05) is 12.4 Å². The molecule has 0 atom stereocenters. The van der Waals surface area contributed by atoms with Crippen LogP contribution < -0.4 is 14.8 Å². The smallest absolute Gasteiger partial charge is 0.161 e. The fourth-order valence-electron chi connectivity index (χ4n) is 2.85. The van der Waals surface area contributed by atoms with Gasteiger partial charge >= 0.3 is 0 Å². The number of anilines is 1. The highest BCUT2D eigenvalue weighted by Crippen LogP contribution is 2.32. The molecule has 0 amide bonds. The van der Waals surface area contributed by atoms with Crippen molar-refractivity contribution in [3.8, 4) is 11.5 Å². The van der Waals surface area contributed by atoms with Gasteiger partial charge in [-0.3, -0.25) is 4.98 Å². The first-order valence-corrected chi connectivity index (χ1v) is 8.10. The van der Waals surface area contributed by atoms with E-state index in [1.807, 2.05) is 25.1 Å². The van der Waals surface area contributed by atoms with Crippen molar-refractivity contribution in [2.24, 2.45) is 0 Å². The number of benzene rings is 1. The molecule has 1 aromatic carbocycles. The Kier molecular flexibility index (Phi) is 4.95. The predicted octanol–water partition coefficient (Wildman–Crippen LogP) is 3.73. The fourth-order valence-corrected chi connectivity index (χ4v) is 2.85. The molecule has 0 aliphatic heterocycles. The molecule has 0 saturated heterocycles. The van der Waals surface area contributed by atoms with E-state index >= 15 is 0 Å². The van der Waals surface area contributed by atoms with Crippen molar-refractivity contribution >= 4 is 5.82 Å². The van der Waals surface area contributed by atoms with Crippen LogP contribution in [0.3, 0.4) is 0 Å². The lowest BCUT2D eigenvalue weighted by Gasteiger charge is -2.17. The van der Waals surface area contributed by atoms with Gasteiger partial charge in [0.15, 0.2) is 11.5 Å². The van der Waals surface area contributed by atoms with Gasteiger partial charge in [0.1, 0.15) is 5.82 Å². The third-order valence-corrected chi connectivity index (χ3v) is 4.05. The molecule has 23 heavy (non-hydrogen) atoms. The van der Waals surface area contributed by atoms with Gasteiger partial charge in [-0.25, -0.2) is 4.98 Å². The summed E-state index contributed by atoms with van der Waals surface area (Å²) in [7, 11) is 1.68. The summed E-state index contributed by atoms with van der Waals surface area (Å²) < 4.78 is 11.5. The first-order valence-electron chi connectivity index (χ1n) is 8.10. The molecular weight excluding hydrogens is 290 g/mol. The van der Waals surface area contributed by atoms with Crippen molar-refractivity contribution in [3.05, 3.63) is 41.9 Å². The lowest BCUT2D eigenvalue weighted by Crippen LogP contribution is -2.12. The van der Waals surface area contributed by atoms with Crippen LogP contribution in [0.25, 0.3) is 0 Å². The maximum atomic E-state index is 6.13. The Hall–Kier alpha value is -2.30. The van der Waals surface area contributed by atoms with E-state index in [1.54, 1.807) is 19.5 Å². The van der Waals surface area contributed by atoms with Crippen molar-refractivity contribution in [1.82, 2.24) is 9.97 Å². The Morgan fingerprint density at radius 1 is 1.17 bits per heavy atom. The van der Waals surface area contributed by atoms with Gasteiger partial charge in [-0.2, -0.15) is 0 Å². The van der Waals surface area contributed by atoms with Gasteiger partial charge < -0.3 is 14.8 Å². The minimum Gasteiger partial charge on any atom is -0.493 e. The number of hydrogen-bond acceptors (Lipinski definition) is 5. The van der Waals surface area contributed by atoms with Gasteiger partial charge in [-0.15, -0.1) is 0 Å². The van der Waals surface area contributed by atoms with Gasteiger partial charge in [0, 0.05) is 12.7 Å². The van der Waals surface area contributed by atoms with Crippen LogP contribution in [0.5, 0.6) is 11.5 Å². The molecule has 5 nitrogen and oxygen atoms in total. The number of aryl methyl sites for hydroxylation is 1. The second kappa shape index (κ2) is 7.31. The number of aromatic nitrogens is 2. The molecule has 0 unspecified atom stereocenters. The first kappa shape index (κ1) is 15.6. The zero-order chi connectivity index (χ0) is 16.1. The second-order valence-corrected chi connectivity index (χ2v) is 5.91. The van der Waals surface area contributed by atoms with E-state index in [9.17, 15) is 0 Å². The molecule has 0 radical (unpaired) electrons. The van der Waals surface area contributed by atoms with Gasteiger partial charge in [0.2, 0.25) is 0 Å². The molecular formula is C18H23N3O2. The predicted molar refractivity (Wildman–Crippen MR) is 90.0 cm³/mol. The van der Waals surface area contributed by atoms with Crippen LogP contribution in [0.15, 0.2) is 30.6 Å². The lowest BCUT2D eigenvalue weighted by atomic mass is 10.2. The lowest BCUT2D eigenvalue weighted by molar-refractivity contribution is 0.200. The van der Waals surface area contributed by atoms with Crippen LogP contribution >= 0.6 is 0 Å². The molecule has 0 spiro atoms. The Morgan fingerprint density at radius 2 is 2.00 bits per heavy atom. The summed E-state index contributed by atoms with van der Waals surface area (Å²) in [5, 5.41) is 3.29. The summed E-state index contributed by atoms with van der Waals surface area (Å²) in [6, 6.07) is 6.05. The highest BCUT2D eigenvalue weighted by molar-refractivity contribution is 5.44. The van der Waals surface area contributed by atoms with E-state index in [1.165, 1.54) is 12.8 Å². The standard InChI is InChI=1S/C18H23N3O2/c1-13-10-19-12-18(21-13)20-11-14-7-8-16(22-2)17(9-14)23-15-5-3-4-6-15/h7-10,12,15H,3-6,11H2,1-2H3,(H,20,21). The molecule has 1 aromatic heterocycles. The largest absolute Gasteiger partial charge is 0.493 e. The SMILES string of the molecule is COc1ccc(CNc2cncc(C)n2)cc1OC1CCCC1. The molecule has 1 N–H and O–H groups in total. The molecule has 1 aliphatic rings. The molecule has 3 rings (SSSR count). The maximum absolute atomic E-state index is 6.13. The molecule has 1 saturated carbocycles. The van der Waals surface area contributed by atoms with Gasteiger partial charge in [-0.1, -0.05) is 6.07 Å². The number of ether oxygens (including phenoxy) is 2. The molecule has 1 heterocycles. The Morgan fingerprint density at radius 3 is 2.74 bits per heavy atom. The topological polar surface area (TPSA) is 56.3 Å². The third-order valence-electron chi connectivity index (χ3n) is 4.05. The van der Waals surface area contributed by atoms with Gasteiger partial charge in [-0.05, 0) is 50.3 Å². The third kappa shape index (κ3) is 4.12. The molecule has 1 fully saturated rings. The van der Waals surface area contributed by atoms with Crippen LogP contribution in [-0.2, 0) is 6.54 Å². The normalized spacial score (nSPS) is 14.7. The maximum Gasteiger partial charge on any atom is 0.161 e. The fraction of sp³-hybridized carbons (Fsp3) is 0.444. The van der Waals surface area contributed by atoms with E-state index in [0.717, 1.165) is 41.4 Å². The highest BCUT2D eigenvalue weighted by Gasteiger charge is 2.18. The zero-order valence-corrected chi connectivity index (χ0v) is 13.7. The van der Waals surface area contributed by atoms with Crippen LogP contribution in [0, 0.1) is 6.92 Å². The quantitative estimate of drug-likeness (QED) is 0.880. The van der Waals surface area contributed by atoms with E-state index in [0.29, 0.717) is 12.6 Å². The summed E-state index contributed by atoms with van der Waals surface area (Å²) in [5.74, 6) is 2.39. The second-order valence-electron chi connectivity index (χ2n) is 5.91. The number of methoxy groups -OCH3 is 1. The van der Waals surface area contributed by atoms with Crippen LogP contribution in [0.4, 0.5) is 5.82 Å². The molecule has 2 aromatic rings. The Labute approximate surface area is 137 Å². The monoisotopic (exact) mass is 313 g/mol. The van der Waals surface area contributed by atoms with Gasteiger partial charge in [0.05, 0.1) is 25.1 Å². The number of hydrogen-bond donors (Lipinski definition) is 1. The summed E-state index contributed by atoms with van der Waals surface area (Å²) in [6.45, 7) is 2.60. The number of rotatable bonds is 6. The van der Waals surface area contributed by atoms with Crippen molar-refractivity contribution in [1.29, 1.82) is 0 Å². The minimum atomic E-state index is 0.315.